The number of carbonyl (C=O) groups is 1. The molecule has 0 radical (unpaired) electrons. The first-order valence-electron chi connectivity index (χ1n) is 5.30. The standard InChI is InChI=1S/C12H9Br2N3OS/c13-8-5-9(14)12(16-6-8)17-10(18)7-19-11-3-1-2-4-15-11/h1-6H,7H2,(H,16,17,18). The van der Waals surface area contributed by atoms with Crippen LogP contribution in [0.15, 0.2) is 50.6 Å². The van der Waals surface area contributed by atoms with Gasteiger partial charge in [-0.1, -0.05) is 17.8 Å². The zero-order chi connectivity index (χ0) is 13.7. The third kappa shape index (κ3) is 4.59. The summed E-state index contributed by atoms with van der Waals surface area (Å²) >= 11 is 8.03. The summed E-state index contributed by atoms with van der Waals surface area (Å²) in [5.41, 5.74) is 0. The molecular weight excluding hydrogens is 394 g/mol. The minimum atomic E-state index is -0.119. The highest BCUT2D eigenvalue weighted by Crippen LogP contribution is 2.23. The monoisotopic (exact) mass is 401 g/mol. The second kappa shape index (κ2) is 7.02. The lowest BCUT2D eigenvalue weighted by atomic mass is 10.4. The number of nitrogens with zero attached hydrogens (tertiary/aromatic N) is 2. The topological polar surface area (TPSA) is 54.9 Å². The van der Waals surface area contributed by atoms with Crippen LogP contribution in [0.2, 0.25) is 0 Å². The third-order valence-corrected chi connectivity index (χ3v) is 4.04. The molecule has 4 nitrogen and oxygen atoms in total. The molecule has 0 atom stereocenters. The maximum Gasteiger partial charge on any atom is 0.235 e. The highest BCUT2D eigenvalue weighted by Gasteiger charge is 2.08. The van der Waals surface area contributed by atoms with Crippen LogP contribution in [0.3, 0.4) is 0 Å². The second-order valence-corrected chi connectivity index (χ2v) is 6.25. The molecule has 0 fully saturated rings. The number of anilines is 1. The number of thioether (sulfide) groups is 1. The van der Waals surface area contributed by atoms with E-state index >= 15 is 0 Å². The molecule has 1 N–H and O–H groups in total. The molecule has 19 heavy (non-hydrogen) atoms. The average Bonchev–Trinajstić information content (AvgIpc) is 2.41. The molecule has 0 unspecified atom stereocenters. The van der Waals surface area contributed by atoms with Gasteiger partial charge in [0.05, 0.1) is 15.3 Å². The normalized spacial score (nSPS) is 10.2. The Morgan fingerprint density at radius 3 is 2.84 bits per heavy atom. The van der Waals surface area contributed by atoms with E-state index in [0.717, 1.165) is 14.0 Å². The Balaban J connectivity index is 1.91. The Morgan fingerprint density at radius 2 is 2.16 bits per heavy atom. The van der Waals surface area contributed by atoms with E-state index in [9.17, 15) is 4.79 Å². The van der Waals surface area contributed by atoms with Crippen LogP contribution >= 0.6 is 43.6 Å². The molecule has 0 bridgehead atoms. The van der Waals surface area contributed by atoms with Crippen LogP contribution in [-0.4, -0.2) is 21.6 Å². The Hall–Kier alpha value is -0.920. The van der Waals surface area contributed by atoms with Gasteiger partial charge in [0.15, 0.2) is 0 Å². The molecule has 0 saturated carbocycles. The Kier molecular flexibility index (Phi) is 5.35. The lowest BCUT2D eigenvalue weighted by Gasteiger charge is -2.06. The fourth-order valence-corrected chi connectivity index (χ4v) is 2.99. The number of amides is 1. The van der Waals surface area contributed by atoms with Gasteiger partial charge >= 0.3 is 0 Å². The van der Waals surface area contributed by atoms with Crippen molar-refractivity contribution in [2.24, 2.45) is 0 Å². The van der Waals surface area contributed by atoms with Gasteiger partial charge in [-0.2, -0.15) is 0 Å². The van der Waals surface area contributed by atoms with Gasteiger partial charge in [-0.15, -0.1) is 0 Å². The highest BCUT2D eigenvalue weighted by atomic mass is 79.9. The summed E-state index contributed by atoms with van der Waals surface area (Å²) in [4.78, 5) is 20.1. The summed E-state index contributed by atoms with van der Waals surface area (Å²) in [5.74, 6) is 0.683. The van der Waals surface area contributed by atoms with Crippen LogP contribution in [0.1, 0.15) is 0 Å². The van der Waals surface area contributed by atoms with Gasteiger partial charge in [0, 0.05) is 16.9 Å². The molecule has 2 heterocycles. The number of rotatable bonds is 4. The molecule has 0 saturated heterocycles. The van der Waals surface area contributed by atoms with Crippen LogP contribution in [0.4, 0.5) is 5.82 Å². The zero-order valence-corrected chi connectivity index (χ0v) is 13.6. The largest absolute Gasteiger partial charge is 0.309 e. The summed E-state index contributed by atoms with van der Waals surface area (Å²) in [6, 6.07) is 7.42. The van der Waals surface area contributed by atoms with E-state index in [1.165, 1.54) is 11.8 Å². The fraction of sp³-hybridized carbons (Fsp3) is 0.0833. The lowest BCUT2D eigenvalue weighted by Crippen LogP contribution is -2.15. The molecule has 98 valence electrons. The summed E-state index contributed by atoms with van der Waals surface area (Å²) in [6.07, 6.45) is 3.33. The third-order valence-electron chi connectivity index (χ3n) is 2.05. The van der Waals surface area contributed by atoms with Crippen molar-refractivity contribution in [3.05, 3.63) is 45.6 Å². The van der Waals surface area contributed by atoms with Gasteiger partial charge in [-0.05, 0) is 50.1 Å². The highest BCUT2D eigenvalue weighted by molar-refractivity contribution is 9.11. The first kappa shape index (κ1) is 14.5. The quantitative estimate of drug-likeness (QED) is 0.791. The van der Waals surface area contributed by atoms with Crippen LogP contribution in [0.25, 0.3) is 0 Å². The number of pyridine rings is 2. The van der Waals surface area contributed by atoms with Crippen molar-refractivity contribution >= 4 is 55.3 Å². The molecular formula is C12H9Br2N3OS. The van der Waals surface area contributed by atoms with E-state index in [4.69, 9.17) is 0 Å². The molecule has 2 aromatic heterocycles. The first-order chi connectivity index (χ1) is 9.15. The number of aromatic nitrogens is 2. The molecule has 0 aliphatic carbocycles. The maximum atomic E-state index is 11.8. The van der Waals surface area contributed by atoms with Gasteiger partial charge in [0.2, 0.25) is 5.91 Å². The molecule has 0 aliphatic heterocycles. The Labute approximate surface area is 131 Å². The molecule has 7 heteroatoms. The van der Waals surface area contributed by atoms with Crippen LogP contribution in [0, 0.1) is 0 Å². The zero-order valence-electron chi connectivity index (χ0n) is 9.64. The van der Waals surface area contributed by atoms with Gasteiger partial charge < -0.3 is 5.32 Å². The van der Waals surface area contributed by atoms with E-state index in [1.807, 2.05) is 24.3 Å². The molecule has 0 spiro atoms. The van der Waals surface area contributed by atoms with E-state index in [2.05, 4.69) is 47.1 Å². The first-order valence-corrected chi connectivity index (χ1v) is 7.87. The van der Waals surface area contributed by atoms with E-state index in [0.29, 0.717) is 11.6 Å². The second-order valence-electron chi connectivity index (χ2n) is 3.49. The summed E-state index contributed by atoms with van der Waals surface area (Å²) < 4.78 is 1.58. The van der Waals surface area contributed by atoms with E-state index in [1.54, 1.807) is 12.4 Å². The van der Waals surface area contributed by atoms with Crippen molar-refractivity contribution in [3.8, 4) is 0 Å². The van der Waals surface area contributed by atoms with Gasteiger partial charge in [0.25, 0.3) is 0 Å². The smallest absolute Gasteiger partial charge is 0.235 e. The predicted molar refractivity (Wildman–Crippen MR) is 83.2 cm³/mol. The molecule has 1 amide bonds. The van der Waals surface area contributed by atoms with Crippen molar-refractivity contribution in [2.75, 3.05) is 11.1 Å². The van der Waals surface area contributed by atoms with E-state index < -0.39 is 0 Å². The van der Waals surface area contributed by atoms with Crippen molar-refractivity contribution in [3.63, 3.8) is 0 Å². The van der Waals surface area contributed by atoms with Crippen LogP contribution < -0.4 is 5.32 Å². The Bertz CT molecular complexity index is 580. The lowest BCUT2D eigenvalue weighted by molar-refractivity contribution is -0.113. The summed E-state index contributed by atoms with van der Waals surface area (Å²) in [7, 11) is 0. The summed E-state index contributed by atoms with van der Waals surface area (Å²) in [5, 5.41) is 3.56. The Morgan fingerprint density at radius 1 is 1.32 bits per heavy atom. The van der Waals surface area contributed by atoms with Crippen LogP contribution in [0.5, 0.6) is 0 Å². The van der Waals surface area contributed by atoms with E-state index in [-0.39, 0.29) is 5.91 Å². The minimum absolute atomic E-state index is 0.119. The maximum absolute atomic E-state index is 11.8. The fourth-order valence-electron chi connectivity index (χ4n) is 1.25. The number of halogens is 2. The van der Waals surface area contributed by atoms with Crippen molar-refractivity contribution < 1.29 is 4.79 Å². The molecule has 0 aromatic carbocycles. The minimum Gasteiger partial charge on any atom is -0.309 e. The molecule has 0 aliphatic rings. The molecule has 2 aromatic rings. The average molecular weight is 403 g/mol. The number of hydrogen-bond donors (Lipinski definition) is 1. The summed E-state index contributed by atoms with van der Waals surface area (Å²) in [6.45, 7) is 0. The number of nitrogens with one attached hydrogen (secondary N) is 1. The number of carbonyl (C=O) groups excluding carboxylic acids is 1. The SMILES string of the molecule is O=C(CSc1ccccn1)Nc1ncc(Br)cc1Br. The molecule has 2 rings (SSSR count). The van der Waals surface area contributed by atoms with Crippen molar-refractivity contribution in [2.45, 2.75) is 5.03 Å². The van der Waals surface area contributed by atoms with Gasteiger partial charge in [-0.25, -0.2) is 9.97 Å². The van der Waals surface area contributed by atoms with Crippen molar-refractivity contribution in [1.29, 1.82) is 0 Å². The van der Waals surface area contributed by atoms with Gasteiger partial charge in [0.1, 0.15) is 5.82 Å². The number of hydrogen-bond acceptors (Lipinski definition) is 4. The predicted octanol–water partition coefficient (Wildman–Crippen LogP) is 3.73. The van der Waals surface area contributed by atoms with Gasteiger partial charge in [-0.3, -0.25) is 4.79 Å². The van der Waals surface area contributed by atoms with Crippen molar-refractivity contribution in [1.82, 2.24) is 9.97 Å². The van der Waals surface area contributed by atoms with Crippen LogP contribution in [-0.2, 0) is 4.79 Å².